The standard InChI is InChI=1S/C16H18N4O5S/c1-9-6-5-7-12(14(21)25-4)13(9)26(23,24)20-16(22)19-15-17-10(2)8-11(3)18-15/h5-8H,1-4H3,(H2,17,18,19,20,22). The number of aryl methyl sites for hydroxylation is 3. The quantitative estimate of drug-likeness (QED) is 0.775. The van der Waals surface area contributed by atoms with Crippen molar-refractivity contribution in [2.24, 2.45) is 0 Å². The molecule has 0 fully saturated rings. The molecule has 0 unspecified atom stereocenters. The van der Waals surface area contributed by atoms with Crippen LogP contribution in [0.5, 0.6) is 0 Å². The Bertz CT molecular complexity index is 952. The molecule has 2 rings (SSSR count). The van der Waals surface area contributed by atoms with Crippen LogP contribution in [0.3, 0.4) is 0 Å². The van der Waals surface area contributed by atoms with Gasteiger partial charge in [-0.05, 0) is 38.5 Å². The van der Waals surface area contributed by atoms with E-state index in [1.165, 1.54) is 25.1 Å². The van der Waals surface area contributed by atoms with Gasteiger partial charge in [0.2, 0.25) is 5.95 Å². The van der Waals surface area contributed by atoms with Gasteiger partial charge in [0.25, 0.3) is 10.0 Å². The van der Waals surface area contributed by atoms with E-state index in [4.69, 9.17) is 0 Å². The van der Waals surface area contributed by atoms with Crippen molar-refractivity contribution in [2.75, 3.05) is 12.4 Å². The highest BCUT2D eigenvalue weighted by molar-refractivity contribution is 7.90. The molecule has 0 bridgehead atoms. The van der Waals surface area contributed by atoms with Crippen molar-refractivity contribution in [1.29, 1.82) is 0 Å². The molecule has 26 heavy (non-hydrogen) atoms. The molecule has 0 saturated heterocycles. The molecule has 10 heteroatoms. The number of aromatic nitrogens is 2. The number of esters is 1. The number of benzene rings is 1. The first-order valence-electron chi connectivity index (χ1n) is 7.48. The minimum absolute atomic E-state index is 0.0341. The zero-order valence-electron chi connectivity index (χ0n) is 14.7. The maximum absolute atomic E-state index is 12.6. The van der Waals surface area contributed by atoms with E-state index in [2.05, 4.69) is 20.0 Å². The Morgan fingerprint density at radius 2 is 1.69 bits per heavy atom. The van der Waals surface area contributed by atoms with Crippen LogP contribution in [0.2, 0.25) is 0 Å². The van der Waals surface area contributed by atoms with Gasteiger partial charge in [0.05, 0.1) is 12.7 Å². The second-order valence-electron chi connectivity index (χ2n) is 5.48. The Hall–Kier alpha value is -3.01. The smallest absolute Gasteiger partial charge is 0.339 e. The number of carbonyl (C=O) groups is 2. The number of amides is 2. The van der Waals surface area contributed by atoms with Gasteiger partial charge in [0.15, 0.2) is 0 Å². The summed E-state index contributed by atoms with van der Waals surface area (Å²) in [6.07, 6.45) is 0. The summed E-state index contributed by atoms with van der Waals surface area (Å²) in [6.45, 7) is 4.93. The van der Waals surface area contributed by atoms with Gasteiger partial charge < -0.3 is 4.74 Å². The van der Waals surface area contributed by atoms with Gasteiger partial charge in [-0.2, -0.15) is 0 Å². The van der Waals surface area contributed by atoms with Crippen LogP contribution in [-0.2, 0) is 14.8 Å². The number of nitrogens with zero attached hydrogens (tertiary/aromatic N) is 2. The van der Waals surface area contributed by atoms with Gasteiger partial charge in [0.1, 0.15) is 4.90 Å². The lowest BCUT2D eigenvalue weighted by Gasteiger charge is -2.13. The van der Waals surface area contributed by atoms with Crippen LogP contribution in [0.1, 0.15) is 27.3 Å². The predicted octanol–water partition coefficient (Wildman–Crippen LogP) is 1.70. The summed E-state index contributed by atoms with van der Waals surface area (Å²) < 4.78 is 31.7. The molecule has 0 saturated carbocycles. The number of ether oxygens (including phenoxy) is 1. The first-order valence-corrected chi connectivity index (χ1v) is 8.96. The lowest BCUT2D eigenvalue weighted by molar-refractivity contribution is 0.0596. The summed E-state index contributed by atoms with van der Waals surface area (Å²) in [5, 5.41) is 2.26. The summed E-state index contributed by atoms with van der Waals surface area (Å²) in [5.41, 5.74) is 1.34. The molecule has 2 amide bonds. The fourth-order valence-electron chi connectivity index (χ4n) is 2.36. The molecule has 138 valence electrons. The average Bonchev–Trinajstić information content (AvgIpc) is 2.51. The number of urea groups is 1. The Labute approximate surface area is 150 Å². The fourth-order valence-corrected chi connectivity index (χ4v) is 3.69. The molecule has 1 heterocycles. The van der Waals surface area contributed by atoms with Crippen LogP contribution in [0.25, 0.3) is 0 Å². The third-order valence-corrected chi connectivity index (χ3v) is 4.85. The van der Waals surface area contributed by atoms with E-state index >= 15 is 0 Å². The molecule has 1 aromatic carbocycles. The molecule has 1 aromatic heterocycles. The van der Waals surface area contributed by atoms with E-state index in [9.17, 15) is 18.0 Å². The number of sulfonamides is 1. The molecule has 0 atom stereocenters. The summed E-state index contributed by atoms with van der Waals surface area (Å²) in [5.74, 6) is -0.861. The molecule has 0 spiro atoms. The van der Waals surface area contributed by atoms with Crippen molar-refractivity contribution in [3.05, 3.63) is 46.8 Å². The number of carbonyl (C=O) groups excluding carboxylic acids is 2. The lowest BCUT2D eigenvalue weighted by atomic mass is 10.1. The van der Waals surface area contributed by atoms with E-state index in [-0.39, 0.29) is 22.0 Å². The van der Waals surface area contributed by atoms with Gasteiger partial charge in [-0.3, -0.25) is 5.32 Å². The van der Waals surface area contributed by atoms with Gasteiger partial charge >= 0.3 is 12.0 Å². The molecule has 0 aliphatic rings. The third-order valence-electron chi connectivity index (χ3n) is 3.32. The molecule has 2 N–H and O–H groups in total. The van der Waals surface area contributed by atoms with Gasteiger partial charge in [-0.25, -0.2) is 32.7 Å². The second-order valence-corrected chi connectivity index (χ2v) is 7.10. The third kappa shape index (κ3) is 4.33. The molecular formula is C16H18N4O5S. The van der Waals surface area contributed by atoms with E-state index in [1.807, 2.05) is 4.72 Å². The number of nitrogens with one attached hydrogen (secondary N) is 2. The van der Waals surface area contributed by atoms with Crippen molar-refractivity contribution < 1.29 is 22.7 Å². The molecule has 9 nitrogen and oxygen atoms in total. The van der Waals surface area contributed by atoms with E-state index in [0.717, 1.165) is 7.11 Å². The number of methoxy groups -OCH3 is 1. The van der Waals surface area contributed by atoms with Crippen LogP contribution in [0.4, 0.5) is 10.7 Å². The van der Waals surface area contributed by atoms with Crippen molar-refractivity contribution >= 4 is 28.0 Å². The van der Waals surface area contributed by atoms with Crippen molar-refractivity contribution in [2.45, 2.75) is 25.7 Å². The molecule has 0 radical (unpaired) electrons. The number of rotatable bonds is 4. The van der Waals surface area contributed by atoms with Crippen LogP contribution in [-0.4, -0.2) is 37.5 Å². The maximum Gasteiger partial charge on any atom is 0.339 e. The first kappa shape index (κ1) is 19.3. The molecule has 2 aromatic rings. The largest absolute Gasteiger partial charge is 0.465 e. The van der Waals surface area contributed by atoms with E-state index < -0.39 is 22.0 Å². The average molecular weight is 378 g/mol. The minimum atomic E-state index is -4.33. The topological polar surface area (TPSA) is 127 Å². The maximum atomic E-state index is 12.6. The van der Waals surface area contributed by atoms with Crippen LogP contribution >= 0.6 is 0 Å². The zero-order chi connectivity index (χ0) is 19.5. The summed E-state index contributed by atoms with van der Waals surface area (Å²) in [6, 6.07) is 4.98. The van der Waals surface area contributed by atoms with Gasteiger partial charge in [0, 0.05) is 11.4 Å². The Morgan fingerprint density at radius 1 is 1.08 bits per heavy atom. The predicted molar refractivity (Wildman–Crippen MR) is 93.4 cm³/mol. The van der Waals surface area contributed by atoms with Crippen LogP contribution in [0, 0.1) is 20.8 Å². The van der Waals surface area contributed by atoms with Gasteiger partial charge in [-0.15, -0.1) is 0 Å². The Balaban J connectivity index is 2.31. The van der Waals surface area contributed by atoms with E-state index in [0.29, 0.717) is 11.4 Å². The van der Waals surface area contributed by atoms with Crippen LogP contribution in [0.15, 0.2) is 29.2 Å². The first-order chi connectivity index (χ1) is 12.1. The molecule has 0 aliphatic carbocycles. The molecule has 0 aliphatic heterocycles. The highest BCUT2D eigenvalue weighted by Crippen LogP contribution is 2.21. The Kier molecular flexibility index (Phi) is 5.56. The number of hydrogen-bond acceptors (Lipinski definition) is 7. The van der Waals surface area contributed by atoms with Crippen molar-refractivity contribution in [3.8, 4) is 0 Å². The summed E-state index contributed by atoms with van der Waals surface area (Å²) in [4.78, 5) is 31.6. The zero-order valence-corrected chi connectivity index (χ0v) is 15.5. The summed E-state index contributed by atoms with van der Waals surface area (Å²) >= 11 is 0. The highest BCUT2D eigenvalue weighted by atomic mass is 32.2. The normalized spacial score (nSPS) is 10.9. The minimum Gasteiger partial charge on any atom is -0.465 e. The van der Waals surface area contributed by atoms with Crippen molar-refractivity contribution in [3.63, 3.8) is 0 Å². The number of hydrogen-bond donors (Lipinski definition) is 2. The van der Waals surface area contributed by atoms with E-state index in [1.54, 1.807) is 19.9 Å². The monoisotopic (exact) mass is 378 g/mol. The highest BCUT2D eigenvalue weighted by Gasteiger charge is 2.27. The molecular weight excluding hydrogens is 360 g/mol. The second kappa shape index (κ2) is 7.48. The van der Waals surface area contributed by atoms with Crippen molar-refractivity contribution in [1.82, 2.24) is 14.7 Å². The fraction of sp³-hybridized carbons (Fsp3) is 0.250. The lowest BCUT2D eigenvalue weighted by Crippen LogP contribution is -2.36. The summed E-state index contributed by atoms with van der Waals surface area (Å²) in [7, 11) is -3.20. The Morgan fingerprint density at radius 3 is 2.27 bits per heavy atom. The van der Waals surface area contributed by atoms with Gasteiger partial charge in [-0.1, -0.05) is 12.1 Å². The van der Waals surface area contributed by atoms with Crippen LogP contribution < -0.4 is 10.0 Å². The SMILES string of the molecule is COC(=O)c1cccc(C)c1S(=O)(=O)NC(=O)Nc1nc(C)cc(C)n1. The number of anilines is 1.